The SMILES string of the molecule is CN(C)c1ncc(-c2ccc([N+](=O)[O-])cc2)c([C@H]2CCCN(C(=O)Cn3cccn3)C2)n1. The van der Waals surface area contributed by atoms with Gasteiger partial charge in [0, 0.05) is 69.4 Å². The third-order valence-electron chi connectivity index (χ3n) is 5.61. The number of carbonyl (C=O) groups is 1. The fourth-order valence-electron chi connectivity index (χ4n) is 3.96. The number of piperidine rings is 1. The summed E-state index contributed by atoms with van der Waals surface area (Å²) in [6, 6.07) is 8.21. The Bertz CT molecular complexity index is 1100. The van der Waals surface area contributed by atoms with Crippen molar-refractivity contribution in [2.45, 2.75) is 25.3 Å². The maximum Gasteiger partial charge on any atom is 0.269 e. The Balaban J connectivity index is 1.63. The first-order valence-corrected chi connectivity index (χ1v) is 10.5. The second-order valence-electron chi connectivity index (χ2n) is 8.05. The fraction of sp³-hybridized carbons (Fsp3) is 0.364. The first kappa shape index (κ1) is 21.4. The van der Waals surface area contributed by atoms with E-state index in [9.17, 15) is 14.9 Å². The molecule has 1 saturated heterocycles. The number of benzene rings is 1. The van der Waals surface area contributed by atoms with E-state index in [1.54, 1.807) is 41.5 Å². The van der Waals surface area contributed by atoms with E-state index >= 15 is 0 Å². The van der Waals surface area contributed by atoms with Gasteiger partial charge in [-0.25, -0.2) is 9.97 Å². The van der Waals surface area contributed by atoms with Gasteiger partial charge in [-0.15, -0.1) is 0 Å². The van der Waals surface area contributed by atoms with E-state index < -0.39 is 4.92 Å². The molecular formula is C22H25N7O3. The highest BCUT2D eigenvalue weighted by atomic mass is 16.6. The van der Waals surface area contributed by atoms with Gasteiger partial charge in [-0.1, -0.05) is 0 Å². The topological polar surface area (TPSA) is 110 Å². The Morgan fingerprint density at radius 3 is 2.72 bits per heavy atom. The third kappa shape index (κ3) is 4.58. The van der Waals surface area contributed by atoms with Gasteiger partial charge >= 0.3 is 0 Å². The molecular weight excluding hydrogens is 410 g/mol. The summed E-state index contributed by atoms with van der Waals surface area (Å²) in [6.07, 6.45) is 6.97. The molecule has 0 N–H and O–H groups in total. The van der Waals surface area contributed by atoms with Crippen LogP contribution in [0, 0.1) is 10.1 Å². The van der Waals surface area contributed by atoms with Crippen LogP contribution in [-0.2, 0) is 11.3 Å². The molecule has 1 aromatic carbocycles. The quantitative estimate of drug-likeness (QED) is 0.432. The highest BCUT2D eigenvalue weighted by Crippen LogP contribution is 2.34. The van der Waals surface area contributed by atoms with E-state index in [0.29, 0.717) is 19.0 Å². The second kappa shape index (κ2) is 9.13. The van der Waals surface area contributed by atoms with Gasteiger partial charge in [0.1, 0.15) is 6.54 Å². The lowest BCUT2D eigenvalue weighted by atomic mass is 9.90. The van der Waals surface area contributed by atoms with Crippen LogP contribution in [0.25, 0.3) is 11.1 Å². The van der Waals surface area contributed by atoms with Crippen molar-refractivity contribution in [3.8, 4) is 11.1 Å². The van der Waals surface area contributed by atoms with Gasteiger partial charge in [-0.05, 0) is 36.6 Å². The molecule has 0 saturated carbocycles. The average Bonchev–Trinajstić information content (AvgIpc) is 3.32. The molecule has 166 valence electrons. The summed E-state index contributed by atoms with van der Waals surface area (Å²) >= 11 is 0. The summed E-state index contributed by atoms with van der Waals surface area (Å²) in [6.45, 7) is 1.47. The highest BCUT2D eigenvalue weighted by molar-refractivity contribution is 5.76. The van der Waals surface area contributed by atoms with Crippen LogP contribution in [0.2, 0.25) is 0 Å². The van der Waals surface area contributed by atoms with E-state index in [1.807, 2.05) is 23.9 Å². The standard InChI is InChI=1S/C22H25N7O3/c1-26(2)22-23-13-19(16-6-8-18(9-7-16)29(31)32)21(25-22)17-5-3-11-27(14-17)20(30)15-28-12-4-10-24-28/h4,6-10,12-13,17H,3,5,11,14-15H2,1-2H3/t17-/m0/s1. The molecule has 0 radical (unpaired) electrons. The minimum absolute atomic E-state index is 0.0252. The number of anilines is 1. The Labute approximate surface area is 185 Å². The summed E-state index contributed by atoms with van der Waals surface area (Å²) in [5.74, 6) is 0.653. The van der Waals surface area contributed by atoms with Crippen LogP contribution >= 0.6 is 0 Å². The first-order chi connectivity index (χ1) is 15.4. The van der Waals surface area contributed by atoms with Gasteiger partial charge < -0.3 is 9.80 Å². The maximum atomic E-state index is 12.8. The van der Waals surface area contributed by atoms with Gasteiger partial charge in [0.15, 0.2) is 0 Å². The zero-order valence-corrected chi connectivity index (χ0v) is 18.1. The normalized spacial score (nSPS) is 16.1. The van der Waals surface area contributed by atoms with Crippen LogP contribution < -0.4 is 4.90 Å². The average molecular weight is 435 g/mol. The number of nitro groups is 1. The molecule has 3 heterocycles. The summed E-state index contributed by atoms with van der Waals surface area (Å²) in [5, 5.41) is 15.2. The number of nitro benzene ring substituents is 1. The summed E-state index contributed by atoms with van der Waals surface area (Å²) in [5.41, 5.74) is 2.54. The summed E-state index contributed by atoms with van der Waals surface area (Å²) in [4.78, 5) is 36.4. The molecule has 1 atom stereocenters. The maximum absolute atomic E-state index is 12.8. The zero-order chi connectivity index (χ0) is 22.7. The molecule has 0 bridgehead atoms. The molecule has 4 rings (SSSR count). The Hall–Kier alpha value is -3.82. The highest BCUT2D eigenvalue weighted by Gasteiger charge is 2.28. The molecule has 2 aromatic heterocycles. The lowest BCUT2D eigenvalue weighted by Gasteiger charge is -2.33. The van der Waals surface area contributed by atoms with Crippen LogP contribution in [0.15, 0.2) is 48.9 Å². The van der Waals surface area contributed by atoms with Crippen molar-refractivity contribution < 1.29 is 9.72 Å². The smallest absolute Gasteiger partial charge is 0.269 e. The lowest BCUT2D eigenvalue weighted by molar-refractivity contribution is -0.384. The molecule has 0 spiro atoms. The number of non-ortho nitro benzene ring substituents is 1. The van der Waals surface area contributed by atoms with Gasteiger partial charge in [0.05, 0.1) is 10.6 Å². The Morgan fingerprint density at radius 2 is 2.06 bits per heavy atom. The minimum atomic E-state index is -0.416. The zero-order valence-electron chi connectivity index (χ0n) is 18.1. The van der Waals surface area contributed by atoms with E-state index in [1.165, 1.54) is 12.1 Å². The lowest BCUT2D eigenvalue weighted by Crippen LogP contribution is -2.41. The van der Waals surface area contributed by atoms with E-state index in [4.69, 9.17) is 4.98 Å². The summed E-state index contributed by atoms with van der Waals surface area (Å²) < 4.78 is 1.63. The molecule has 3 aromatic rings. The molecule has 1 aliphatic rings. The van der Waals surface area contributed by atoms with Gasteiger partial charge in [-0.2, -0.15) is 5.10 Å². The van der Waals surface area contributed by atoms with Crippen molar-refractivity contribution >= 4 is 17.5 Å². The molecule has 10 heteroatoms. The molecule has 0 aliphatic carbocycles. The number of hydrogen-bond donors (Lipinski definition) is 0. The molecule has 0 unspecified atom stereocenters. The van der Waals surface area contributed by atoms with Crippen LogP contribution in [0.4, 0.5) is 11.6 Å². The van der Waals surface area contributed by atoms with Crippen molar-refractivity contribution in [2.24, 2.45) is 0 Å². The van der Waals surface area contributed by atoms with Crippen LogP contribution in [0.1, 0.15) is 24.5 Å². The van der Waals surface area contributed by atoms with Crippen LogP contribution in [-0.4, -0.2) is 62.7 Å². The first-order valence-electron chi connectivity index (χ1n) is 10.5. The Kier molecular flexibility index (Phi) is 6.11. The predicted molar refractivity (Wildman–Crippen MR) is 119 cm³/mol. The van der Waals surface area contributed by atoms with Gasteiger partial charge in [0.25, 0.3) is 5.69 Å². The fourth-order valence-corrected chi connectivity index (χ4v) is 3.96. The monoisotopic (exact) mass is 435 g/mol. The van der Waals surface area contributed by atoms with Crippen molar-refractivity contribution in [1.82, 2.24) is 24.6 Å². The number of carbonyl (C=O) groups excluding carboxylic acids is 1. The number of amides is 1. The van der Waals surface area contributed by atoms with Gasteiger partial charge in [-0.3, -0.25) is 19.6 Å². The predicted octanol–water partition coefficient (Wildman–Crippen LogP) is 2.72. The van der Waals surface area contributed by atoms with E-state index in [2.05, 4.69) is 10.1 Å². The number of hydrogen-bond acceptors (Lipinski definition) is 7. The second-order valence-corrected chi connectivity index (χ2v) is 8.05. The summed E-state index contributed by atoms with van der Waals surface area (Å²) in [7, 11) is 3.76. The van der Waals surface area contributed by atoms with Crippen LogP contribution in [0.5, 0.6) is 0 Å². The third-order valence-corrected chi connectivity index (χ3v) is 5.61. The van der Waals surface area contributed by atoms with Crippen LogP contribution in [0.3, 0.4) is 0 Å². The number of nitrogens with zero attached hydrogens (tertiary/aromatic N) is 7. The molecule has 1 fully saturated rings. The van der Waals surface area contributed by atoms with Crippen molar-refractivity contribution in [3.63, 3.8) is 0 Å². The Morgan fingerprint density at radius 1 is 1.28 bits per heavy atom. The number of aromatic nitrogens is 4. The van der Waals surface area contributed by atoms with E-state index in [0.717, 1.165) is 29.7 Å². The van der Waals surface area contributed by atoms with Gasteiger partial charge in [0.2, 0.25) is 11.9 Å². The van der Waals surface area contributed by atoms with Crippen molar-refractivity contribution in [2.75, 3.05) is 32.1 Å². The number of likely N-dealkylation sites (tertiary alicyclic amines) is 1. The number of rotatable bonds is 6. The van der Waals surface area contributed by atoms with Crippen molar-refractivity contribution in [1.29, 1.82) is 0 Å². The molecule has 1 amide bonds. The van der Waals surface area contributed by atoms with E-state index in [-0.39, 0.29) is 24.1 Å². The minimum Gasteiger partial charge on any atom is -0.347 e. The molecule has 10 nitrogen and oxygen atoms in total. The largest absolute Gasteiger partial charge is 0.347 e. The molecule has 32 heavy (non-hydrogen) atoms. The van der Waals surface area contributed by atoms with Crippen molar-refractivity contribution in [3.05, 3.63) is 64.7 Å². The molecule has 1 aliphatic heterocycles.